The Balaban J connectivity index is 2.33. The van der Waals surface area contributed by atoms with Crippen molar-refractivity contribution in [1.29, 1.82) is 0 Å². The molecule has 0 radical (unpaired) electrons. The number of hydrogen-bond acceptors (Lipinski definition) is 6. The van der Waals surface area contributed by atoms with Crippen LogP contribution >= 0.6 is 0 Å². The van der Waals surface area contributed by atoms with E-state index in [2.05, 4.69) is 4.98 Å². The van der Waals surface area contributed by atoms with E-state index in [4.69, 9.17) is 15.6 Å². The fraction of sp³-hybridized carbons (Fsp3) is 0.0769. The molecule has 1 aromatic heterocycles. The van der Waals surface area contributed by atoms with E-state index < -0.39 is 15.8 Å². The zero-order chi connectivity index (χ0) is 15.6. The Kier molecular flexibility index (Phi) is 3.81. The summed E-state index contributed by atoms with van der Waals surface area (Å²) in [4.78, 5) is 14.7. The third kappa shape index (κ3) is 3.48. The first-order chi connectivity index (χ1) is 9.77. The molecule has 2 aromatic rings. The standard InChI is InChI=1S/C13H12N2O5S/c1-21(18,19)10-4-2-3-9(6-10)20-12-11(14)5-8(7-15-12)13(16)17/h2-7H,14H2,1H3,(H,16,17). The number of ether oxygens (including phenoxy) is 1. The molecule has 21 heavy (non-hydrogen) atoms. The van der Waals surface area contributed by atoms with Crippen molar-refractivity contribution in [2.24, 2.45) is 0 Å². The molecule has 0 amide bonds. The van der Waals surface area contributed by atoms with Crippen LogP contribution in [0.25, 0.3) is 0 Å². The minimum absolute atomic E-state index is 0.00523. The first kappa shape index (κ1) is 14.8. The SMILES string of the molecule is CS(=O)(=O)c1cccc(Oc2ncc(C(=O)O)cc2N)c1. The van der Waals surface area contributed by atoms with Gasteiger partial charge in [-0.1, -0.05) is 6.07 Å². The zero-order valence-electron chi connectivity index (χ0n) is 11.0. The van der Waals surface area contributed by atoms with Crippen LogP contribution in [0.1, 0.15) is 10.4 Å². The highest BCUT2D eigenvalue weighted by atomic mass is 32.2. The fourth-order valence-corrected chi connectivity index (χ4v) is 2.21. The molecule has 0 aliphatic carbocycles. The molecule has 1 heterocycles. The van der Waals surface area contributed by atoms with E-state index >= 15 is 0 Å². The first-order valence-electron chi connectivity index (χ1n) is 5.74. The Labute approximate surface area is 120 Å². The lowest BCUT2D eigenvalue weighted by Crippen LogP contribution is -2.02. The van der Waals surface area contributed by atoms with Crippen molar-refractivity contribution in [2.75, 3.05) is 12.0 Å². The van der Waals surface area contributed by atoms with Gasteiger partial charge < -0.3 is 15.6 Å². The summed E-state index contributed by atoms with van der Waals surface area (Å²) in [7, 11) is -3.36. The lowest BCUT2D eigenvalue weighted by atomic mass is 10.2. The summed E-state index contributed by atoms with van der Waals surface area (Å²) in [6.45, 7) is 0. The van der Waals surface area contributed by atoms with E-state index in [0.29, 0.717) is 0 Å². The van der Waals surface area contributed by atoms with E-state index in [9.17, 15) is 13.2 Å². The summed E-state index contributed by atoms with van der Waals surface area (Å²) in [5.41, 5.74) is 5.64. The van der Waals surface area contributed by atoms with E-state index in [1.54, 1.807) is 6.07 Å². The van der Waals surface area contributed by atoms with Gasteiger partial charge in [0.25, 0.3) is 0 Å². The molecular weight excluding hydrogens is 296 g/mol. The fourth-order valence-electron chi connectivity index (χ4n) is 1.55. The van der Waals surface area contributed by atoms with Gasteiger partial charge in [-0.2, -0.15) is 0 Å². The van der Waals surface area contributed by atoms with Crippen molar-refractivity contribution in [3.8, 4) is 11.6 Å². The predicted molar refractivity (Wildman–Crippen MR) is 75.2 cm³/mol. The average Bonchev–Trinajstić information content (AvgIpc) is 2.40. The summed E-state index contributed by atoms with van der Waals surface area (Å²) >= 11 is 0. The highest BCUT2D eigenvalue weighted by Crippen LogP contribution is 2.27. The summed E-state index contributed by atoms with van der Waals surface area (Å²) in [6, 6.07) is 7.05. The largest absolute Gasteiger partial charge is 0.478 e. The highest BCUT2D eigenvalue weighted by molar-refractivity contribution is 7.90. The summed E-state index contributed by atoms with van der Waals surface area (Å²) in [5, 5.41) is 8.81. The molecule has 0 saturated carbocycles. The minimum atomic E-state index is -3.36. The van der Waals surface area contributed by atoms with Crippen molar-refractivity contribution in [3.05, 3.63) is 42.1 Å². The molecule has 1 aromatic carbocycles. The molecule has 0 aliphatic heterocycles. The van der Waals surface area contributed by atoms with Crippen molar-refractivity contribution >= 4 is 21.5 Å². The number of nitrogen functional groups attached to an aromatic ring is 1. The van der Waals surface area contributed by atoms with Crippen LogP contribution in [0.2, 0.25) is 0 Å². The lowest BCUT2D eigenvalue weighted by Gasteiger charge is -2.08. The zero-order valence-corrected chi connectivity index (χ0v) is 11.8. The molecule has 8 heteroatoms. The monoisotopic (exact) mass is 308 g/mol. The number of hydrogen-bond donors (Lipinski definition) is 2. The van der Waals surface area contributed by atoms with Crippen LogP contribution in [0, 0.1) is 0 Å². The van der Waals surface area contributed by atoms with Gasteiger partial charge in [-0.3, -0.25) is 0 Å². The van der Waals surface area contributed by atoms with Gasteiger partial charge in [0.15, 0.2) is 9.84 Å². The quantitative estimate of drug-likeness (QED) is 0.879. The number of nitrogens with zero attached hydrogens (tertiary/aromatic N) is 1. The Bertz CT molecular complexity index is 802. The summed E-state index contributed by atoms with van der Waals surface area (Å²) in [5.74, 6) is -0.911. The minimum Gasteiger partial charge on any atom is -0.478 e. The van der Waals surface area contributed by atoms with E-state index in [1.165, 1.54) is 24.3 Å². The number of carboxylic acid groups (broad SMARTS) is 1. The maximum atomic E-state index is 11.5. The second-order valence-corrected chi connectivity index (χ2v) is 6.29. The van der Waals surface area contributed by atoms with Crippen molar-refractivity contribution < 1.29 is 23.1 Å². The Morgan fingerprint density at radius 2 is 2.05 bits per heavy atom. The maximum Gasteiger partial charge on any atom is 0.337 e. The van der Waals surface area contributed by atoms with Crippen LogP contribution < -0.4 is 10.5 Å². The van der Waals surface area contributed by atoms with Crippen molar-refractivity contribution in [1.82, 2.24) is 4.98 Å². The van der Waals surface area contributed by atoms with Crippen LogP contribution in [0.3, 0.4) is 0 Å². The van der Waals surface area contributed by atoms with Gasteiger partial charge >= 0.3 is 5.97 Å². The number of sulfone groups is 1. The first-order valence-corrected chi connectivity index (χ1v) is 7.63. The van der Waals surface area contributed by atoms with Crippen LogP contribution in [0.5, 0.6) is 11.6 Å². The third-order valence-electron chi connectivity index (χ3n) is 2.57. The number of aromatic nitrogens is 1. The number of carboxylic acids is 1. The summed E-state index contributed by atoms with van der Waals surface area (Å²) < 4.78 is 28.3. The van der Waals surface area contributed by atoms with Crippen LogP contribution in [-0.4, -0.2) is 30.7 Å². The summed E-state index contributed by atoms with van der Waals surface area (Å²) in [6.07, 6.45) is 2.19. The molecule has 7 nitrogen and oxygen atoms in total. The van der Waals surface area contributed by atoms with Gasteiger partial charge in [-0.05, 0) is 24.3 Å². The second kappa shape index (κ2) is 5.41. The number of rotatable bonds is 4. The third-order valence-corrected chi connectivity index (χ3v) is 3.68. The van der Waals surface area contributed by atoms with E-state index in [0.717, 1.165) is 12.5 Å². The number of pyridine rings is 1. The maximum absolute atomic E-state index is 11.5. The normalized spacial score (nSPS) is 11.1. The molecule has 0 spiro atoms. The number of nitrogens with two attached hydrogens (primary N) is 1. The number of aromatic carboxylic acids is 1. The molecule has 3 N–H and O–H groups in total. The molecule has 0 atom stereocenters. The van der Waals surface area contributed by atoms with Crippen molar-refractivity contribution in [2.45, 2.75) is 4.90 Å². The molecular formula is C13H12N2O5S. The highest BCUT2D eigenvalue weighted by Gasteiger charge is 2.12. The number of benzene rings is 1. The van der Waals surface area contributed by atoms with Crippen molar-refractivity contribution in [3.63, 3.8) is 0 Å². The topological polar surface area (TPSA) is 120 Å². The lowest BCUT2D eigenvalue weighted by molar-refractivity contribution is 0.0696. The van der Waals surface area contributed by atoms with Gasteiger partial charge in [-0.15, -0.1) is 0 Å². The van der Waals surface area contributed by atoms with E-state index in [-0.39, 0.29) is 27.8 Å². The number of carbonyl (C=O) groups is 1. The predicted octanol–water partition coefficient (Wildman–Crippen LogP) is 1.56. The van der Waals surface area contributed by atoms with Gasteiger partial charge in [0.05, 0.1) is 16.1 Å². The molecule has 110 valence electrons. The van der Waals surface area contributed by atoms with Crippen LogP contribution in [-0.2, 0) is 9.84 Å². The molecule has 0 unspecified atom stereocenters. The van der Waals surface area contributed by atoms with Gasteiger partial charge in [-0.25, -0.2) is 18.2 Å². The van der Waals surface area contributed by atoms with Gasteiger partial charge in [0.1, 0.15) is 5.75 Å². The molecule has 0 aliphatic rings. The van der Waals surface area contributed by atoms with Gasteiger partial charge in [0.2, 0.25) is 5.88 Å². The molecule has 0 fully saturated rings. The van der Waals surface area contributed by atoms with Gasteiger partial charge in [0, 0.05) is 12.5 Å². The molecule has 0 bridgehead atoms. The molecule has 0 saturated heterocycles. The molecule has 2 rings (SSSR count). The number of anilines is 1. The van der Waals surface area contributed by atoms with E-state index in [1.807, 2.05) is 0 Å². The second-order valence-electron chi connectivity index (χ2n) is 4.27. The van der Waals surface area contributed by atoms with Crippen LogP contribution in [0.4, 0.5) is 5.69 Å². The smallest absolute Gasteiger partial charge is 0.337 e. The Morgan fingerprint density at radius 3 is 2.62 bits per heavy atom. The average molecular weight is 308 g/mol. The van der Waals surface area contributed by atoms with Crippen LogP contribution in [0.15, 0.2) is 41.4 Å². The Hall–Kier alpha value is -2.61. The Morgan fingerprint density at radius 1 is 1.33 bits per heavy atom.